The molecule has 0 saturated carbocycles. The van der Waals surface area contributed by atoms with Crippen molar-refractivity contribution in [1.82, 2.24) is 24.7 Å². The average Bonchev–Trinajstić information content (AvgIpc) is 3.27. The first-order valence-electron chi connectivity index (χ1n) is 12.1. The molecular formula is C24H36N6O6S. The lowest BCUT2D eigenvalue weighted by Crippen LogP contribution is -2.51. The molecule has 204 valence electrons. The number of hydrogen-bond donors (Lipinski definition) is 3. The van der Waals surface area contributed by atoms with Gasteiger partial charge >= 0.3 is 6.03 Å². The summed E-state index contributed by atoms with van der Waals surface area (Å²) in [6, 6.07) is 3.78. The highest BCUT2D eigenvalue weighted by Gasteiger charge is 2.35. The van der Waals surface area contributed by atoms with Crippen molar-refractivity contribution in [2.75, 3.05) is 31.5 Å². The fourth-order valence-corrected chi connectivity index (χ4v) is 5.02. The molecule has 0 fully saturated rings. The van der Waals surface area contributed by atoms with Crippen molar-refractivity contribution in [3.05, 3.63) is 36.3 Å². The second kappa shape index (κ2) is 11.4. The smallest absolute Gasteiger partial charge is 0.317 e. The predicted molar refractivity (Wildman–Crippen MR) is 138 cm³/mol. The van der Waals surface area contributed by atoms with E-state index in [1.807, 2.05) is 20.8 Å². The number of nitrogens with zero attached hydrogens (tertiary/aromatic N) is 4. The van der Waals surface area contributed by atoms with Crippen LogP contribution in [0.15, 0.2) is 35.7 Å². The molecule has 1 aliphatic rings. The predicted octanol–water partition coefficient (Wildman–Crippen LogP) is 1.49. The number of likely N-dealkylation sites (N-methyl/N-ethyl adjacent to an activating group) is 1. The lowest BCUT2D eigenvalue weighted by molar-refractivity contribution is 0.0369. The van der Waals surface area contributed by atoms with E-state index in [1.54, 1.807) is 38.1 Å². The third-order valence-electron chi connectivity index (χ3n) is 6.10. The Kier molecular flexibility index (Phi) is 8.69. The summed E-state index contributed by atoms with van der Waals surface area (Å²) in [4.78, 5) is 33.1. The Hall–Kier alpha value is -3.32. The number of carbonyl (C=O) groups excluding carboxylic acids is 2. The number of amides is 3. The van der Waals surface area contributed by atoms with Gasteiger partial charge in [-0.05, 0) is 32.9 Å². The Bertz CT molecular complexity index is 1230. The first kappa shape index (κ1) is 28.3. The second-order valence-electron chi connectivity index (χ2n) is 9.77. The number of aromatic nitrogens is 2. The molecule has 2 aromatic rings. The Balaban J connectivity index is 2.05. The van der Waals surface area contributed by atoms with Crippen molar-refractivity contribution in [2.24, 2.45) is 13.0 Å². The lowest BCUT2D eigenvalue weighted by Gasteiger charge is -2.38. The van der Waals surface area contributed by atoms with E-state index in [2.05, 4.69) is 15.0 Å². The number of benzene rings is 1. The fourth-order valence-electron chi connectivity index (χ4n) is 3.98. The van der Waals surface area contributed by atoms with Crippen molar-refractivity contribution >= 4 is 27.6 Å². The highest BCUT2D eigenvalue weighted by atomic mass is 32.2. The lowest BCUT2D eigenvalue weighted by atomic mass is 9.99. The number of sulfonamides is 1. The van der Waals surface area contributed by atoms with Gasteiger partial charge in [0, 0.05) is 38.8 Å². The highest BCUT2D eigenvalue weighted by Crippen LogP contribution is 2.36. The molecule has 2 heterocycles. The number of aliphatic hydroxyl groups is 1. The molecule has 12 nitrogen and oxygen atoms in total. The van der Waals surface area contributed by atoms with Crippen LogP contribution >= 0.6 is 0 Å². The van der Waals surface area contributed by atoms with Crippen LogP contribution in [0.4, 0.5) is 10.5 Å². The largest absolute Gasteiger partial charge is 0.485 e. The molecule has 3 N–H and O–H groups in total. The molecule has 1 aliphatic heterocycles. The molecule has 3 atom stereocenters. The average molecular weight is 537 g/mol. The second-order valence-corrected chi connectivity index (χ2v) is 11.4. The summed E-state index contributed by atoms with van der Waals surface area (Å²) in [5.74, 6) is -0.608. The number of ether oxygens (including phenoxy) is 1. The zero-order chi connectivity index (χ0) is 27.5. The van der Waals surface area contributed by atoms with E-state index in [-0.39, 0.29) is 59.7 Å². The van der Waals surface area contributed by atoms with Gasteiger partial charge in [0.1, 0.15) is 6.10 Å². The van der Waals surface area contributed by atoms with E-state index < -0.39 is 28.1 Å². The first-order chi connectivity index (χ1) is 17.3. The van der Waals surface area contributed by atoms with Crippen LogP contribution in [0.5, 0.6) is 5.75 Å². The molecule has 0 bridgehead atoms. The molecule has 0 radical (unpaired) electrons. The van der Waals surface area contributed by atoms with Gasteiger partial charge in [0.2, 0.25) is 0 Å². The van der Waals surface area contributed by atoms with Crippen molar-refractivity contribution < 1.29 is 27.9 Å². The van der Waals surface area contributed by atoms with Crippen LogP contribution < -0.4 is 14.8 Å². The van der Waals surface area contributed by atoms with Gasteiger partial charge in [-0.25, -0.2) is 9.78 Å². The minimum absolute atomic E-state index is 0.0522. The van der Waals surface area contributed by atoms with Crippen LogP contribution in [-0.4, -0.2) is 89.7 Å². The van der Waals surface area contributed by atoms with E-state index in [0.29, 0.717) is 0 Å². The SMILES string of the molecule is CC(C)NC(=O)N(C)C[C@@H]1Oc2c(NS(=O)(=O)c3cn(C)cn3)cccc2C(=O)N([C@@H](C)CO)C[C@@H]1C. The van der Waals surface area contributed by atoms with Crippen molar-refractivity contribution in [1.29, 1.82) is 0 Å². The number of anilines is 1. The van der Waals surface area contributed by atoms with Crippen molar-refractivity contribution in [3.8, 4) is 5.75 Å². The van der Waals surface area contributed by atoms with Gasteiger partial charge in [-0.2, -0.15) is 8.42 Å². The van der Waals surface area contributed by atoms with E-state index in [1.165, 1.54) is 28.1 Å². The molecule has 1 aromatic heterocycles. The van der Waals surface area contributed by atoms with Crippen LogP contribution in [0.2, 0.25) is 0 Å². The van der Waals surface area contributed by atoms with Gasteiger partial charge in [0.05, 0.1) is 36.8 Å². The molecule has 3 rings (SSSR count). The zero-order valence-electron chi connectivity index (χ0n) is 22.0. The molecular weight excluding hydrogens is 500 g/mol. The topological polar surface area (TPSA) is 146 Å². The van der Waals surface area contributed by atoms with Gasteiger partial charge in [0.15, 0.2) is 10.8 Å². The quantitative estimate of drug-likeness (QED) is 0.463. The summed E-state index contributed by atoms with van der Waals surface area (Å²) >= 11 is 0. The number of carbonyl (C=O) groups is 2. The summed E-state index contributed by atoms with van der Waals surface area (Å²) in [5, 5.41) is 12.5. The third-order valence-corrected chi connectivity index (χ3v) is 7.35. The standard InChI is InChI=1S/C24H36N6O6S/c1-15(2)26-24(33)29(6)11-20-16(3)10-30(17(4)13-31)23(32)18-8-7-9-19(22(18)36-20)27-37(34,35)21-12-28(5)14-25-21/h7-9,12,14-17,20,27,31H,10-11,13H2,1-6H3,(H,26,33)/t16-,17-,20-/m0/s1. The molecule has 37 heavy (non-hydrogen) atoms. The summed E-state index contributed by atoms with van der Waals surface area (Å²) in [6.45, 7) is 7.53. The van der Waals surface area contributed by atoms with Gasteiger partial charge in [-0.3, -0.25) is 9.52 Å². The highest BCUT2D eigenvalue weighted by molar-refractivity contribution is 7.92. The molecule has 1 aromatic carbocycles. The number of urea groups is 1. The van der Waals surface area contributed by atoms with Crippen LogP contribution in [0.25, 0.3) is 0 Å². The maximum absolute atomic E-state index is 13.6. The van der Waals surface area contributed by atoms with Crippen LogP contribution in [0.3, 0.4) is 0 Å². The van der Waals surface area contributed by atoms with Crippen molar-refractivity contribution in [3.63, 3.8) is 0 Å². The Morgan fingerprint density at radius 1 is 1.32 bits per heavy atom. The van der Waals surface area contributed by atoms with Crippen LogP contribution in [0.1, 0.15) is 38.1 Å². The van der Waals surface area contributed by atoms with E-state index >= 15 is 0 Å². The summed E-state index contributed by atoms with van der Waals surface area (Å²) in [6.07, 6.45) is 2.14. The summed E-state index contributed by atoms with van der Waals surface area (Å²) < 4.78 is 36.4. The number of imidazole rings is 1. The van der Waals surface area contributed by atoms with E-state index in [0.717, 1.165) is 0 Å². The number of fused-ring (bicyclic) bond motifs is 1. The van der Waals surface area contributed by atoms with Crippen molar-refractivity contribution in [2.45, 2.75) is 50.9 Å². The van der Waals surface area contributed by atoms with E-state index in [9.17, 15) is 23.1 Å². The monoisotopic (exact) mass is 536 g/mol. The molecule has 3 amide bonds. The number of aliphatic hydroxyl groups excluding tert-OH is 1. The maximum Gasteiger partial charge on any atom is 0.317 e. The molecule has 13 heteroatoms. The normalized spacial score (nSPS) is 18.9. The van der Waals surface area contributed by atoms with Crippen LogP contribution in [-0.2, 0) is 17.1 Å². The van der Waals surface area contributed by atoms with Gasteiger partial charge < -0.3 is 29.5 Å². The Morgan fingerprint density at radius 3 is 2.62 bits per heavy atom. The Labute approximate surface area is 217 Å². The Morgan fingerprint density at radius 2 is 2.03 bits per heavy atom. The molecule has 0 aliphatic carbocycles. The third kappa shape index (κ3) is 6.52. The maximum atomic E-state index is 13.6. The molecule has 0 unspecified atom stereocenters. The zero-order valence-corrected chi connectivity index (χ0v) is 22.8. The number of para-hydroxylation sites is 1. The number of aryl methyl sites for hydroxylation is 1. The first-order valence-corrected chi connectivity index (χ1v) is 13.6. The summed E-state index contributed by atoms with van der Waals surface area (Å²) in [7, 11) is -0.787. The number of hydrogen-bond acceptors (Lipinski definition) is 7. The van der Waals surface area contributed by atoms with E-state index in [4.69, 9.17) is 4.74 Å². The minimum Gasteiger partial charge on any atom is -0.485 e. The minimum atomic E-state index is -4.08. The van der Waals surface area contributed by atoms with Gasteiger partial charge in [0.25, 0.3) is 15.9 Å². The summed E-state index contributed by atoms with van der Waals surface area (Å²) in [5.41, 5.74) is 0.217. The fraction of sp³-hybridized carbons (Fsp3) is 0.542. The number of rotatable bonds is 8. The molecule has 0 saturated heterocycles. The van der Waals surface area contributed by atoms with Gasteiger partial charge in [-0.15, -0.1) is 0 Å². The van der Waals surface area contributed by atoms with Crippen LogP contribution in [0, 0.1) is 5.92 Å². The number of nitrogens with one attached hydrogen (secondary N) is 2. The molecule has 0 spiro atoms. The van der Waals surface area contributed by atoms with Gasteiger partial charge in [-0.1, -0.05) is 13.0 Å².